The molecular weight excluding hydrogens is 450 g/mol. The van der Waals surface area contributed by atoms with Crippen LogP contribution in [0.5, 0.6) is 0 Å². The minimum atomic E-state index is -0.830. The molecule has 4 amide bonds. The molecule has 0 bridgehead atoms. The van der Waals surface area contributed by atoms with Crippen LogP contribution in [-0.4, -0.2) is 64.1 Å². The lowest BCUT2D eigenvalue weighted by Crippen LogP contribution is -2.48. The number of fused-ring (bicyclic) bond motifs is 1. The standard InChI is InChI=1S/C26H33N3O4S/c1-17(2)15-22(29-25(32)20-5-3-4-6-21(20)26(29)33)24(31)27-19-9-7-18(8-10-19)16-23(30)28-11-13-34-14-12-28/h3-4,7-10,17,20-22H,5-6,11-16H2,1-2H3,(H,27,31). The summed E-state index contributed by atoms with van der Waals surface area (Å²) in [4.78, 5) is 55.0. The first kappa shape index (κ1) is 24.5. The van der Waals surface area contributed by atoms with Gasteiger partial charge in [-0.2, -0.15) is 11.8 Å². The predicted octanol–water partition coefficient (Wildman–Crippen LogP) is 3.11. The molecule has 0 spiro atoms. The Morgan fingerprint density at radius 2 is 1.59 bits per heavy atom. The number of imide groups is 1. The van der Waals surface area contributed by atoms with E-state index in [1.165, 1.54) is 4.90 Å². The van der Waals surface area contributed by atoms with Crippen molar-refractivity contribution in [3.8, 4) is 0 Å². The lowest BCUT2D eigenvalue weighted by molar-refractivity contribution is -0.147. The Labute approximate surface area is 205 Å². The van der Waals surface area contributed by atoms with E-state index in [2.05, 4.69) is 5.32 Å². The summed E-state index contributed by atoms with van der Waals surface area (Å²) in [6, 6.07) is 6.41. The van der Waals surface area contributed by atoms with E-state index in [1.54, 1.807) is 12.1 Å². The van der Waals surface area contributed by atoms with E-state index in [4.69, 9.17) is 0 Å². The summed E-state index contributed by atoms with van der Waals surface area (Å²) in [5.74, 6) is 0.704. The number of thioether (sulfide) groups is 1. The van der Waals surface area contributed by atoms with Gasteiger partial charge < -0.3 is 10.2 Å². The Hall–Kier alpha value is -2.61. The predicted molar refractivity (Wildman–Crippen MR) is 133 cm³/mol. The number of hydrogen-bond donors (Lipinski definition) is 1. The van der Waals surface area contributed by atoms with Crippen molar-refractivity contribution < 1.29 is 19.2 Å². The van der Waals surface area contributed by atoms with Crippen molar-refractivity contribution in [2.24, 2.45) is 17.8 Å². The van der Waals surface area contributed by atoms with Gasteiger partial charge in [0.2, 0.25) is 23.6 Å². The normalized spacial score (nSPS) is 23.3. The van der Waals surface area contributed by atoms with E-state index < -0.39 is 6.04 Å². The summed E-state index contributed by atoms with van der Waals surface area (Å²) >= 11 is 1.87. The third-order valence-corrected chi connectivity index (χ3v) is 7.73. The zero-order valence-electron chi connectivity index (χ0n) is 19.9. The van der Waals surface area contributed by atoms with Gasteiger partial charge in [-0.1, -0.05) is 38.1 Å². The number of carbonyl (C=O) groups excluding carboxylic acids is 4. The van der Waals surface area contributed by atoms with Crippen molar-refractivity contribution in [1.82, 2.24) is 9.80 Å². The Balaban J connectivity index is 1.42. The van der Waals surface area contributed by atoms with Gasteiger partial charge in [0.25, 0.3) is 0 Å². The molecule has 2 fully saturated rings. The molecule has 2 aliphatic heterocycles. The molecule has 7 nitrogen and oxygen atoms in total. The van der Waals surface area contributed by atoms with E-state index in [0.717, 1.165) is 30.2 Å². The number of nitrogens with zero attached hydrogens (tertiary/aromatic N) is 2. The number of amides is 4. The number of hydrogen-bond acceptors (Lipinski definition) is 5. The molecule has 2 saturated heterocycles. The van der Waals surface area contributed by atoms with Gasteiger partial charge in [-0.15, -0.1) is 0 Å². The maximum atomic E-state index is 13.3. The first-order chi connectivity index (χ1) is 16.3. The van der Waals surface area contributed by atoms with Crippen LogP contribution in [0.15, 0.2) is 36.4 Å². The summed E-state index contributed by atoms with van der Waals surface area (Å²) < 4.78 is 0. The van der Waals surface area contributed by atoms with Crippen LogP contribution >= 0.6 is 11.8 Å². The van der Waals surface area contributed by atoms with Crippen LogP contribution in [0.25, 0.3) is 0 Å². The van der Waals surface area contributed by atoms with Crippen molar-refractivity contribution >= 4 is 41.1 Å². The number of anilines is 1. The highest BCUT2D eigenvalue weighted by Gasteiger charge is 2.51. The van der Waals surface area contributed by atoms with Crippen molar-refractivity contribution in [3.63, 3.8) is 0 Å². The van der Waals surface area contributed by atoms with E-state index >= 15 is 0 Å². The SMILES string of the molecule is CC(C)CC(C(=O)Nc1ccc(CC(=O)N2CCSCC2)cc1)N1C(=O)C2CC=CCC2C1=O. The Kier molecular flexibility index (Phi) is 7.76. The lowest BCUT2D eigenvalue weighted by Gasteiger charge is -2.27. The minimum Gasteiger partial charge on any atom is -0.341 e. The number of allylic oxidation sites excluding steroid dienone is 2. The fourth-order valence-corrected chi connectivity index (χ4v) is 5.84. The molecule has 0 radical (unpaired) electrons. The van der Waals surface area contributed by atoms with Crippen molar-refractivity contribution in [1.29, 1.82) is 0 Å². The average Bonchev–Trinajstić information content (AvgIpc) is 3.09. The van der Waals surface area contributed by atoms with E-state index in [-0.39, 0.29) is 41.4 Å². The van der Waals surface area contributed by atoms with Gasteiger partial charge in [-0.3, -0.25) is 24.1 Å². The molecule has 1 aromatic carbocycles. The second-order valence-electron chi connectivity index (χ2n) is 9.70. The van der Waals surface area contributed by atoms with Gasteiger partial charge in [0.1, 0.15) is 6.04 Å². The first-order valence-electron chi connectivity index (χ1n) is 12.1. The average molecular weight is 484 g/mol. The second-order valence-corrected chi connectivity index (χ2v) is 10.9. The zero-order chi connectivity index (χ0) is 24.2. The molecule has 3 atom stereocenters. The quantitative estimate of drug-likeness (QED) is 0.476. The van der Waals surface area contributed by atoms with Gasteiger partial charge in [0.15, 0.2) is 0 Å². The number of nitrogens with one attached hydrogen (secondary N) is 1. The molecule has 3 aliphatic rings. The van der Waals surface area contributed by atoms with E-state index in [1.807, 2.05) is 54.8 Å². The van der Waals surface area contributed by atoms with Crippen LogP contribution < -0.4 is 5.32 Å². The van der Waals surface area contributed by atoms with Crippen LogP contribution in [0.2, 0.25) is 0 Å². The fourth-order valence-electron chi connectivity index (χ4n) is 4.94. The molecule has 2 heterocycles. The lowest BCUT2D eigenvalue weighted by atomic mass is 9.85. The topological polar surface area (TPSA) is 86.8 Å². The maximum Gasteiger partial charge on any atom is 0.247 e. The molecule has 4 rings (SSSR count). The highest BCUT2D eigenvalue weighted by atomic mass is 32.2. The molecule has 1 aromatic rings. The van der Waals surface area contributed by atoms with Crippen molar-refractivity contribution in [3.05, 3.63) is 42.0 Å². The van der Waals surface area contributed by atoms with Crippen LogP contribution in [0.3, 0.4) is 0 Å². The van der Waals surface area contributed by atoms with Gasteiger partial charge in [-0.05, 0) is 42.9 Å². The second kappa shape index (κ2) is 10.8. The maximum absolute atomic E-state index is 13.3. The van der Waals surface area contributed by atoms with E-state index in [9.17, 15) is 19.2 Å². The zero-order valence-corrected chi connectivity index (χ0v) is 20.7. The number of likely N-dealkylation sites (tertiary alicyclic amines) is 1. The van der Waals surface area contributed by atoms with Crippen LogP contribution in [-0.2, 0) is 25.6 Å². The number of benzene rings is 1. The molecule has 8 heteroatoms. The third-order valence-electron chi connectivity index (χ3n) is 6.79. The summed E-state index contributed by atoms with van der Waals surface area (Å²) in [6.07, 6.45) is 5.75. The smallest absolute Gasteiger partial charge is 0.247 e. The Morgan fingerprint density at radius 1 is 1.00 bits per heavy atom. The first-order valence-corrected chi connectivity index (χ1v) is 13.3. The molecule has 0 saturated carbocycles. The molecule has 1 N–H and O–H groups in total. The Morgan fingerprint density at radius 3 is 2.15 bits per heavy atom. The molecule has 1 aliphatic carbocycles. The summed E-state index contributed by atoms with van der Waals surface area (Å²) in [6.45, 7) is 5.54. The van der Waals surface area contributed by atoms with Gasteiger partial charge in [-0.25, -0.2) is 0 Å². The van der Waals surface area contributed by atoms with Gasteiger partial charge in [0, 0.05) is 30.3 Å². The summed E-state index contributed by atoms with van der Waals surface area (Å²) in [5.41, 5.74) is 1.48. The van der Waals surface area contributed by atoms with Gasteiger partial charge in [0.05, 0.1) is 18.3 Å². The molecular formula is C26H33N3O4S. The van der Waals surface area contributed by atoms with Crippen LogP contribution in [0.1, 0.15) is 38.7 Å². The van der Waals surface area contributed by atoms with Crippen molar-refractivity contribution in [2.75, 3.05) is 29.9 Å². The molecule has 34 heavy (non-hydrogen) atoms. The van der Waals surface area contributed by atoms with E-state index in [0.29, 0.717) is 31.4 Å². The minimum absolute atomic E-state index is 0.121. The largest absolute Gasteiger partial charge is 0.341 e. The summed E-state index contributed by atoms with van der Waals surface area (Å²) in [7, 11) is 0. The van der Waals surface area contributed by atoms with Gasteiger partial charge >= 0.3 is 0 Å². The summed E-state index contributed by atoms with van der Waals surface area (Å²) in [5, 5.41) is 2.89. The van der Waals surface area contributed by atoms with Crippen LogP contribution in [0, 0.1) is 17.8 Å². The highest BCUT2D eigenvalue weighted by molar-refractivity contribution is 7.99. The Bertz CT molecular complexity index is 943. The third kappa shape index (κ3) is 5.37. The van der Waals surface area contributed by atoms with Crippen LogP contribution in [0.4, 0.5) is 5.69 Å². The highest BCUT2D eigenvalue weighted by Crippen LogP contribution is 2.37. The molecule has 3 unspecified atom stereocenters. The fraction of sp³-hybridized carbons (Fsp3) is 0.538. The molecule has 182 valence electrons. The number of carbonyl (C=O) groups is 4. The van der Waals surface area contributed by atoms with Crippen molar-refractivity contribution in [2.45, 2.75) is 45.6 Å². The molecule has 0 aromatic heterocycles. The monoisotopic (exact) mass is 483 g/mol. The number of rotatable bonds is 7.